The summed E-state index contributed by atoms with van der Waals surface area (Å²) in [5.41, 5.74) is 4.89. The van der Waals surface area contributed by atoms with Crippen molar-refractivity contribution in [3.8, 4) is 22.4 Å². The maximum Gasteiger partial charge on any atom is 0.219 e. The number of rotatable bonds is 3. The monoisotopic (exact) mass is 508 g/mol. The van der Waals surface area contributed by atoms with Gasteiger partial charge in [-0.15, -0.1) is 0 Å². The van der Waals surface area contributed by atoms with Gasteiger partial charge in [0.25, 0.3) is 0 Å². The van der Waals surface area contributed by atoms with Crippen LogP contribution in [0.1, 0.15) is 5.56 Å². The predicted octanol–water partition coefficient (Wildman–Crippen LogP) is 8.03. The van der Waals surface area contributed by atoms with Crippen LogP contribution >= 0.6 is 0 Å². The number of aryl methyl sites for hydroxylation is 2. The van der Waals surface area contributed by atoms with E-state index in [2.05, 4.69) is 19.6 Å². The number of furan rings is 1. The normalized spacial score (nSPS) is 12.2. The van der Waals surface area contributed by atoms with Crippen LogP contribution in [0.2, 0.25) is 19.6 Å². The highest BCUT2D eigenvalue weighted by molar-refractivity contribution is 6.88. The lowest BCUT2D eigenvalue weighted by Gasteiger charge is -2.16. The van der Waals surface area contributed by atoms with Crippen LogP contribution in [0.5, 0.6) is 0 Å². The van der Waals surface area contributed by atoms with E-state index in [1.807, 2.05) is 79.3 Å². The lowest BCUT2D eigenvalue weighted by Crippen LogP contribution is -2.47. The summed E-state index contributed by atoms with van der Waals surface area (Å²) >= 11 is 0. The molecule has 0 atom stereocenters. The SMILES string of the molecule is Cc1ccc2c(oc3c(-c4cccc5ccccc45)c(F)ccc32)c1-c1cc(F)c([Si](C)(C)C)c[n+]1C. The Morgan fingerprint density at radius 1 is 0.730 bits per heavy atom. The molecule has 0 aliphatic carbocycles. The van der Waals surface area contributed by atoms with Gasteiger partial charge in [0.05, 0.1) is 19.2 Å². The van der Waals surface area contributed by atoms with E-state index in [1.165, 1.54) is 6.07 Å². The van der Waals surface area contributed by atoms with Gasteiger partial charge in [-0.1, -0.05) is 74.2 Å². The lowest BCUT2D eigenvalue weighted by atomic mass is 9.95. The van der Waals surface area contributed by atoms with Gasteiger partial charge in [0.2, 0.25) is 5.69 Å². The molecule has 0 unspecified atom stereocenters. The third-order valence-corrected chi connectivity index (χ3v) is 9.30. The minimum Gasteiger partial charge on any atom is -0.454 e. The fraction of sp³-hybridized carbons (Fsp3) is 0.156. The van der Waals surface area contributed by atoms with Gasteiger partial charge in [-0.25, -0.2) is 13.3 Å². The van der Waals surface area contributed by atoms with Gasteiger partial charge >= 0.3 is 0 Å². The Morgan fingerprint density at radius 3 is 2.16 bits per heavy atom. The first kappa shape index (κ1) is 23.6. The third-order valence-electron chi connectivity index (χ3n) is 7.31. The average molecular weight is 509 g/mol. The molecule has 0 amide bonds. The molecule has 0 radical (unpaired) electrons. The number of hydrogen-bond acceptors (Lipinski definition) is 1. The van der Waals surface area contributed by atoms with Crippen LogP contribution in [-0.2, 0) is 7.05 Å². The number of aromatic nitrogens is 1. The van der Waals surface area contributed by atoms with E-state index in [0.717, 1.165) is 49.1 Å². The molecule has 184 valence electrons. The van der Waals surface area contributed by atoms with Crippen LogP contribution in [0.4, 0.5) is 8.78 Å². The van der Waals surface area contributed by atoms with E-state index in [1.54, 1.807) is 12.1 Å². The average Bonchev–Trinajstić information content (AvgIpc) is 3.23. The number of halogens is 2. The molecule has 2 heterocycles. The summed E-state index contributed by atoms with van der Waals surface area (Å²) in [5.74, 6) is -0.528. The molecule has 0 saturated heterocycles. The second-order valence-corrected chi connectivity index (χ2v) is 15.9. The molecule has 0 spiro atoms. The molecule has 4 aromatic carbocycles. The van der Waals surface area contributed by atoms with E-state index in [4.69, 9.17) is 4.42 Å². The van der Waals surface area contributed by atoms with Crippen molar-refractivity contribution in [1.29, 1.82) is 0 Å². The van der Waals surface area contributed by atoms with Gasteiger partial charge in [-0.2, -0.15) is 0 Å². The van der Waals surface area contributed by atoms with E-state index in [9.17, 15) is 0 Å². The fourth-order valence-electron chi connectivity index (χ4n) is 5.42. The molecule has 2 aromatic heterocycles. The van der Waals surface area contributed by atoms with Crippen molar-refractivity contribution in [1.82, 2.24) is 0 Å². The van der Waals surface area contributed by atoms with E-state index in [0.29, 0.717) is 16.7 Å². The van der Waals surface area contributed by atoms with Crippen LogP contribution in [-0.4, -0.2) is 8.07 Å². The van der Waals surface area contributed by atoms with E-state index < -0.39 is 8.07 Å². The summed E-state index contributed by atoms with van der Waals surface area (Å²) in [5, 5.41) is 4.50. The van der Waals surface area contributed by atoms with Gasteiger partial charge in [-0.3, -0.25) is 0 Å². The molecule has 6 aromatic rings. The largest absolute Gasteiger partial charge is 0.454 e. The fourth-order valence-corrected chi connectivity index (χ4v) is 6.79. The second kappa shape index (κ2) is 8.35. The lowest BCUT2D eigenvalue weighted by molar-refractivity contribution is -0.659. The maximum absolute atomic E-state index is 15.5. The first-order chi connectivity index (χ1) is 17.6. The van der Waals surface area contributed by atoms with Gasteiger partial charge in [-0.05, 0) is 41.0 Å². The molecule has 0 fully saturated rings. The van der Waals surface area contributed by atoms with Crippen molar-refractivity contribution >= 4 is 46.0 Å². The van der Waals surface area contributed by atoms with Crippen LogP contribution in [0, 0.1) is 18.6 Å². The molecule has 37 heavy (non-hydrogen) atoms. The summed E-state index contributed by atoms with van der Waals surface area (Å²) in [6.07, 6.45) is 1.92. The molecule has 5 heteroatoms. The molecule has 2 nitrogen and oxygen atoms in total. The highest BCUT2D eigenvalue weighted by atomic mass is 28.3. The van der Waals surface area contributed by atoms with Crippen LogP contribution in [0.15, 0.2) is 83.4 Å². The standard InChI is InChI=1S/C32H28F2NOSi/c1-19-13-14-23-24-15-16-25(33)30(22-12-8-10-20-9-6-7-11-21(20)22)32(24)36-31(23)29(19)27-17-26(34)28(18-35(27)2)37(3,4)5/h6-18H,1-5H3/q+1. The summed E-state index contributed by atoms with van der Waals surface area (Å²) in [6.45, 7) is 8.41. The smallest absolute Gasteiger partial charge is 0.219 e. The van der Waals surface area contributed by atoms with Crippen molar-refractivity contribution in [2.24, 2.45) is 7.05 Å². The van der Waals surface area contributed by atoms with Crippen molar-refractivity contribution < 1.29 is 17.8 Å². The van der Waals surface area contributed by atoms with Gasteiger partial charge < -0.3 is 4.42 Å². The number of nitrogens with zero attached hydrogens (tertiary/aromatic N) is 1. The van der Waals surface area contributed by atoms with Crippen LogP contribution in [0.3, 0.4) is 0 Å². The third kappa shape index (κ3) is 3.68. The summed E-state index contributed by atoms with van der Waals surface area (Å²) in [4.78, 5) is 0. The van der Waals surface area contributed by atoms with Gasteiger partial charge in [0, 0.05) is 22.0 Å². The minimum atomic E-state index is -1.86. The van der Waals surface area contributed by atoms with E-state index in [-0.39, 0.29) is 11.6 Å². The van der Waals surface area contributed by atoms with Crippen LogP contribution < -0.4 is 9.75 Å². The maximum atomic E-state index is 15.5. The van der Waals surface area contributed by atoms with E-state index >= 15 is 8.78 Å². The molecular weight excluding hydrogens is 480 g/mol. The van der Waals surface area contributed by atoms with Crippen LogP contribution in [0.25, 0.3) is 55.1 Å². The predicted molar refractivity (Wildman–Crippen MR) is 151 cm³/mol. The summed E-state index contributed by atoms with van der Waals surface area (Å²) < 4.78 is 39.4. The zero-order chi connectivity index (χ0) is 26.1. The molecule has 0 aliphatic heterocycles. The molecule has 0 aliphatic rings. The first-order valence-corrected chi connectivity index (χ1v) is 16.0. The number of pyridine rings is 1. The zero-order valence-electron chi connectivity index (χ0n) is 21.6. The summed E-state index contributed by atoms with van der Waals surface area (Å²) in [7, 11) is 0.0834. The molecular formula is C32H28F2NOSi+. The van der Waals surface area contributed by atoms with Crippen molar-refractivity contribution in [3.63, 3.8) is 0 Å². The summed E-state index contributed by atoms with van der Waals surface area (Å²) in [6, 6.07) is 22.8. The molecule has 0 bridgehead atoms. The van der Waals surface area contributed by atoms with Crippen molar-refractivity contribution in [2.75, 3.05) is 0 Å². The molecule has 0 N–H and O–H groups in total. The highest BCUT2D eigenvalue weighted by Crippen LogP contribution is 2.43. The number of hydrogen-bond donors (Lipinski definition) is 0. The molecule has 6 rings (SSSR count). The Bertz CT molecular complexity index is 1860. The second-order valence-electron chi connectivity index (χ2n) is 10.8. The first-order valence-electron chi connectivity index (χ1n) is 12.5. The Morgan fingerprint density at radius 2 is 1.41 bits per heavy atom. The quantitative estimate of drug-likeness (QED) is 0.175. The minimum absolute atomic E-state index is 0.192. The van der Waals surface area contributed by atoms with Gasteiger partial charge in [0.1, 0.15) is 29.8 Å². The Labute approximate surface area is 215 Å². The Balaban J connectivity index is 1.69. The van der Waals surface area contributed by atoms with Crippen molar-refractivity contribution in [2.45, 2.75) is 26.6 Å². The van der Waals surface area contributed by atoms with Crippen molar-refractivity contribution in [3.05, 3.63) is 96.2 Å². The number of fused-ring (bicyclic) bond motifs is 4. The number of benzene rings is 4. The topological polar surface area (TPSA) is 17.0 Å². The highest BCUT2D eigenvalue weighted by Gasteiger charge is 2.29. The molecule has 0 saturated carbocycles. The Kier molecular flexibility index (Phi) is 5.32. The zero-order valence-corrected chi connectivity index (χ0v) is 22.6. The Hall–Kier alpha value is -3.83. The van der Waals surface area contributed by atoms with Gasteiger partial charge in [0.15, 0.2) is 6.20 Å².